The Kier molecular flexibility index (Phi) is 57.6. The van der Waals surface area contributed by atoms with Crippen molar-refractivity contribution in [2.24, 2.45) is 0 Å². The highest BCUT2D eigenvalue weighted by atomic mass is 16.3. The number of unbranched alkanes of at least 4 members (excludes halogenated alkanes) is 49. The van der Waals surface area contributed by atoms with Crippen LogP contribution in [0.5, 0.6) is 0 Å². The van der Waals surface area contributed by atoms with Crippen LogP contribution in [0.4, 0.5) is 0 Å². The van der Waals surface area contributed by atoms with E-state index in [-0.39, 0.29) is 18.6 Å². The number of carbonyl (C=O) groups is 2. The average Bonchev–Trinajstić information content (AvgIpc) is 3.32. The summed E-state index contributed by atoms with van der Waals surface area (Å²) >= 11 is 0. The highest BCUT2D eigenvalue weighted by molar-refractivity contribution is 5.78. The smallest absolute Gasteiger partial charge is 0.220 e. The number of hydrogen-bond donors (Lipinski definition) is 2. The van der Waals surface area contributed by atoms with Gasteiger partial charge >= 0.3 is 0 Å². The molecule has 0 aliphatic rings. The summed E-state index contributed by atoms with van der Waals surface area (Å²) in [5.41, 5.74) is 0. The first-order valence-corrected chi connectivity index (χ1v) is 31.1. The molecular weight excluding hydrogens is 807 g/mol. The predicted octanol–water partition coefficient (Wildman–Crippen LogP) is 20.9. The third kappa shape index (κ3) is 55.7. The van der Waals surface area contributed by atoms with Gasteiger partial charge in [0.2, 0.25) is 5.91 Å². The number of hydrogen-bond acceptors (Lipinski definition) is 3. The first-order valence-electron chi connectivity index (χ1n) is 31.1. The Bertz CT molecular complexity index is 921. The van der Waals surface area contributed by atoms with Gasteiger partial charge in [0.15, 0.2) is 0 Å². The van der Waals surface area contributed by atoms with Gasteiger partial charge in [-0.2, -0.15) is 0 Å². The molecule has 0 rings (SSSR count). The number of Topliss-reactive ketones (excluding diaryl/α,β-unsaturated/α-hetero) is 1. The topological polar surface area (TPSA) is 66.4 Å². The van der Waals surface area contributed by atoms with Gasteiger partial charge in [-0.15, -0.1) is 0 Å². The Balaban J connectivity index is 3.28. The first kappa shape index (κ1) is 65.1. The summed E-state index contributed by atoms with van der Waals surface area (Å²) in [7, 11) is 0. The molecule has 1 unspecified atom stereocenters. The van der Waals surface area contributed by atoms with Crippen molar-refractivity contribution in [3.05, 3.63) is 0 Å². The summed E-state index contributed by atoms with van der Waals surface area (Å²) in [5.74, 6) is 0.656. The van der Waals surface area contributed by atoms with Crippen molar-refractivity contribution < 1.29 is 14.7 Å². The van der Waals surface area contributed by atoms with E-state index in [2.05, 4.69) is 19.2 Å². The minimum Gasteiger partial charge on any atom is -0.394 e. The third-order valence-electron chi connectivity index (χ3n) is 14.9. The van der Waals surface area contributed by atoms with Crippen LogP contribution in [-0.4, -0.2) is 29.4 Å². The zero-order chi connectivity index (χ0) is 47.7. The fraction of sp³-hybridized carbons (Fsp3) is 0.968. The normalized spacial score (nSPS) is 12.0. The molecule has 2 N–H and O–H groups in total. The van der Waals surface area contributed by atoms with Gasteiger partial charge in [0.1, 0.15) is 5.78 Å². The summed E-state index contributed by atoms with van der Waals surface area (Å²) < 4.78 is 0. The van der Waals surface area contributed by atoms with Gasteiger partial charge in [-0.3, -0.25) is 9.59 Å². The fourth-order valence-corrected chi connectivity index (χ4v) is 10.2. The third-order valence-corrected chi connectivity index (χ3v) is 14.9. The maximum atomic E-state index is 12.4. The maximum absolute atomic E-state index is 12.4. The zero-order valence-corrected chi connectivity index (χ0v) is 45.6. The molecule has 394 valence electrons. The number of carbonyl (C=O) groups excluding carboxylic acids is 2. The second kappa shape index (κ2) is 58.4. The van der Waals surface area contributed by atoms with E-state index in [4.69, 9.17) is 0 Å². The number of amides is 1. The number of nitrogens with one attached hydrogen (secondary N) is 1. The van der Waals surface area contributed by atoms with E-state index < -0.39 is 0 Å². The predicted molar refractivity (Wildman–Crippen MR) is 294 cm³/mol. The lowest BCUT2D eigenvalue weighted by atomic mass is 10.0. The molecule has 0 saturated heterocycles. The van der Waals surface area contributed by atoms with E-state index in [1.807, 2.05) is 0 Å². The van der Waals surface area contributed by atoms with Crippen LogP contribution in [0.3, 0.4) is 0 Å². The van der Waals surface area contributed by atoms with Gasteiger partial charge in [0.05, 0.1) is 12.6 Å². The van der Waals surface area contributed by atoms with Crippen LogP contribution in [0.1, 0.15) is 373 Å². The molecule has 1 amide bonds. The van der Waals surface area contributed by atoms with Crippen LogP contribution >= 0.6 is 0 Å². The molecule has 0 fully saturated rings. The Hall–Kier alpha value is -0.900. The molecule has 0 aromatic carbocycles. The molecule has 0 heterocycles. The molecule has 1 atom stereocenters. The SMILES string of the molecule is CCCCCCCCCCCCCCCCC(CO)NC(=O)CCCCCCCCCCCCCCCCCCCCCCCCCCCCCC(=O)CCCCCCCCCCCCC. The van der Waals surface area contributed by atoms with Crippen LogP contribution < -0.4 is 5.32 Å². The van der Waals surface area contributed by atoms with E-state index in [0.29, 0.717) is 12.2 Å². The van der Waals surface area contributed by atoms with E-state index in [1.165, 1.54) is 302 Å². The number of aliphatic hydroxyl groups excluding tert-OH is 1. The molecule has 0 aliphatic heterocycles. The standard InChI is InChI=1S/C62H123NO3/c1-3-5-7-9-11-13-15-16-32-36-39-43-47-51-55-60(59-64)63-62(66)58-54-50-46-42-38-34-31-29-27-25-23-21-19-17-18-20-22-24-26-28-30-33-37-41-45-49-53-57-61(65)56-52-48-44-40-35-14-12-10-8-6-4-2/h60,64H,3-59H2,1-2H3,(H,63,66). The molecule has 0 aliphatic carbocycles. The van der Waals surface area contributed by atoms with Crippen LogP contribution in [-0.2, 0) is 9.59 Å². The molecule has 0 saturated carbocycles. The lowest BCUT2D eigenvalue weighted by molar-refractivity contribution is -0.122. The van der Waals surface area contributed by atoms with Crippen LogP contribution in [0.2, 0.25) is 0 Å². The lowest BCUT2D eigenvalue weighted by Crippen LogP contribution is -2.37. The maximum Gasteiger partial charge on any atom is 0.220 e. The number of aliphatic hydroxyl groups is 1. The van der Waals surface area contributed by atoms with Crippen LogP contribution in [0, 0.1) is 0 Å². The molecule has 4 nitrogen and oxygen atoms in total. The van der Waals surface area contributed by atoms with Crippen molar-refractivity contribution in [3.63, 3.8) is 0 Å². The average molecular weight is 931 g/mol. The van der Waals surface area contributed by atoms with Crippen molar-refractivity contribution in [2.45, 2.75) is 379 Å². The fourth-order valence-electron chi connectivity index (χ4n) is 10.2. The molecule has 0 aromatic rings. The van der Waals surface area contributed by atoms with Crippen LogP contribution in [0.15, 0.2) is 0 Å². The summed E-state index contributed by atoms with van der Waals surface area (Å²) in [6.45, 7) is 4.64. The molecule has 0 spiro atoms. The number of ketones is 1. The quantitative estimate of drug-likeness (QED) is 0.0597. The Morgan fingerprint density at radius 2 is 0.485 bits per heavy atom. The first-order chi connectivity index (χ1) is 32.6. The second-order valence-corrected chi connectivity index (χ2v) is 21.7. The van der Waals surface area contributed by atoms with Crippen molar-refractivity contribution in [1.82, 2.24) is 5.32 Å². The van der Waals surface area contributed by atoms with Crippen LogP contribution in [0.25, 0.3) is 0 Å². The second-order valence-electron chi connectivity index (χ2n) is 21.7. The highest BCUT2D eigenvalue weighted by Gasteiger charge is 2.11. The van der Waals surface area contributed by atoms with Crippen molar-refractivity contribution >= 4 is 11.7 Å². The number of rotatable bonds is 59. The monoisotopic (exact) mass is 930 g/mol. The van der Waals surface area contributed by atoms with Gasteiger partial charge < -0.3 is 10.4 Å². The van der Waals surface area contributed by atoms with Crippen molar-refractivity contribution in [2.75, 3.05) is 6.61 Å². The lowest BCUT2D eigenvalue weighted by Gasteiger charge is -2.16. The van der Waals surface area contributed by atoms with E-state index >= 15 is 0 Å². The minimum absolute atomic E-state index is 0.0584. The largest absolute Gasteiger partial charge is 0.394 e. The minimum atomic E-state index is -0.0584. The molecule has 0 radical (unpaired) electrons. The summed E-state index contributed by atoms with van der Waals surface area (Å²) in [6.07, 6.45) is 73.9. The summed E-state index contributed by atoms with van der Waals surface area (Å²) in [6, 6.07) is -0.0584. The highest BCUT2D eigenvalue weighted by Crippen LogP contribution is 2.19. The molecule has 66 heavy (non-hydrogen) atoms. The Morgan fingerprint density at radius 1 is 0.288 bits per heavy atom. The van der Waals surface area contributed by atoms with E-state index in [1.54, 1.807) is 0 Å². The van der Waals surface area contributed by atoms with Gasteiger partial charge in [0.25, 0.3) is 0 Å². The Labute approximate surface area is 416 Å². The van der Waals surface area contributed by atoms with Crippen molar-refractivity contribution in [1.29, 1.82) is 0 Å². The Morgan fingerprint density at radius 3 is 0.712 bits per heavy atom. The molecule has 0 aromatic heterocycles. The molecule has 0 bridgehead atoms. The van der Waals surface area contributed by atoms with E-state index in [9.17, 15) is 14.7 Å². The van der Waals surface area contributed by atoms with E-state index in [0.717, 1.165) is 51.4 Å². The van der Waals surface area contributed by atoms with Gasteiger partial charge in [-0.05, 0) is 25.7 Å². The molecular formula is C62H123NO3. The van der Waals surface area contributed by atoms with Crippen molar-refractivity contribution in [3.8, 4) is 0 Å². The van der Waals surface area contributed by atoms with Gasteiger partial charge in [-0.1, -0.05) is 328 Å². The molecule has 4 heteroatoms. The van der Waals surface area contributed by atoms with Gasteiger partial charge in [-0.25, -0.2) is 0 Å². The zero-order valence-electron chi connectivity index (χ0n) is 45.6. The summed E-state index contributed by atoms with van der Waals surface area (Å²) in [4.78, 5) is 24.6. The van der Waals surface area contributed by atoms with Gasteiger partial charge in [0, 0.05) is 19.3 Å². The summed E-state index contributed by atoms with van der Waals surface area (Å²) in [5, 5.41) is 12.9.